The zero-order valence-electron chi connectivity index (χ0n) is 4.43. The van der Waals surface area contributed by atoms with Crippen molar-refractivity contribution < 1.29 is 9.63 Å². The molecular formula is C4H5BrN2O2. The molecule has 0 saturated carbocycles. The van der Waals surface area contributed by atoms with Gasteiger partial charge in [-0.25, -0.2) is 0 Å². The second-order valence-electron chi connectivity index (χ2n) is 1.56. The van der Waals surface area contributed by atoms with Gasteiger partial charge in [-0.2, -0.15) is 0 Å². The Morgan fingerprint density at radius 2 is 2.67 bits per heavy atom. The van der Waals surface area contributed by atoms with Crippen LogP contribution in [0.2, 0.25) is 0 Å². The number of hydrogen-bond donors (Lipinski definition) is 2. The van der Waals surface area contributed by atoms with Crippen LogP contribution in [0, 0.1) is 0 Å². The number of nitrogens with two attached hydrogens (primary N) is 1. The average molecular weight is 193 g/mol. The van der Waals surface area contributed by atoms with Crippen molar-refractivity contribution in [1.29, 1.82) is 0 Å². The first-order valence-corrected chi connectivity index (χ1v) is 3.08. The summed E-state index contributed by atoms with van der Waals surface area (Å²) in [6.45, 7) is 0. The lowest BCUT2D eigenvalue weighted by Gasteiger charge is -1.99. The molecule has 0 fully saturated rings. The average Bonchev–Trinajstić information content (AvgIpc) is 2.14. The summed E-state index contributed by atoms with van der Waals surface area (Å²) < 4.78 is 0.631. The maximum absolute atomic E-state index is 10.3. The molecule has 0 radical (unpaired) electrons. The summed E-state index contributed by atoms with van der Waals surface area (Å²) in [6, 6.07) is 0. The third-order valence-corrected chi connectivity index (χ3v) is 1.29. The molecule has 0 spiro atoms. The van der Waals surface area contributed by atoms with Crippen molar-refractivity contribution in [2.75, 3.05) is 0 Å². The molecule has 5 heteroatoms. The molecule has 1 aliphatic rings. The highest BCUT2D eigenvalue weighted by molar-refractivity contribution is 9.11. The van der Waals surface area contributed by atoms with Crippen molar-refractivity contribution in [3.63, 3.8) is 0 Å². The number of hydrogen-bond acceptors (Lipinski definition) is 3. The molecule has 9 heavy (non-hydrogen) atoms. The van der Waals surface area contributed by atoms with Gasteiger partial charge >= 0.3 is 0 Å². The highest BCUT2D eigenvalue weighted by atomic mass is 79.9. The number of halogens is 1. The molecule has 50 valence electrons. The fraction of sp³-hybridized carbons (Fsp3) is 0.250. The van der Waals surface area contributed by atoms with Crippen LogP contribution in [0.15, 0.2) is 10.7 Å². The molecule has 0 aromatic carbocycles. The molecule has 0 aromatic heterocycles. The van der Waals surface area contributed by atoms with Gasteiger partial charge in [0.2, 0.25) is 0 Å². The Balaban J connectivity index is 2.57. The van der Waals surface area contributed by atoms with E-state index in [0.717, 1.165) is 0 Å². The Bertz CT molecular complexity index is 168. The summed E-state index contributed by atoms with van der Waals surface area (Å²) in [4.78, 5) is 15.0. The second-order valence-corrected chi connectivity index (χ2v) is 2.41. The van der Waals surface area contributed by atoms with Gasteiger partial charge in [0.1, 0.15) is 4.61 Å². The monoisotopic (exact) mass is 192 g/mol. The molecule has 0 aliphatic carbocycles. The molecule has 1 rings (SSSR count). The molecule has 1 amide bonds. The molecule has 1 heterocycles. The first-order chi connectivity index (χ1) is 4.20. The normalized spacial score (nSPS) is 25.0. The summed E-state index contributed by atoms with van der Waals surface area (Å²) in [5, 5.41) is 0. The van der Waals surface area contributed by atoms with Gasteiger partial charge in [0.15, 0.2) is 6.10 Å². The molecule has 0 bridgehead atoms. The van der Waals surface area contributed by atoms with Gasteiger partial charge in [0.25, 0.3) is 5.91 Å². The number of carbonyl (C=O) groups is 1. The lowest BCUT2D eigenvalue weighted by molar-refractivity contribution is -0.127. The number of hydroxylamine groups is 1. The lowest BCUT2D eigenvalue weighted by Crippen LogP contribution is -2.28. The van der Waals surface area contributed by atoms with Crippen molar-refractivity contribution in [1.82, 2.24) is 5.48 Å². The summed E-state index contributed by atoms with van der Waals surface area (Å²) in [5.74, 6) is -0.503. The van der Waals surface area contributed by atoms with E-state index in [0.29, 0.717) is 4.61 Å². The quantitative estimate of drug-likeness (QED) is 0.557. The van der Waals surface area contributed by atoms with E-state index in [4.69, 9.17) is 5.73 Å². The molecule has 1 aliphatic heterocycles. The standard InChI is InChI=1S/C4H5BrN2O2/c5-3-1-2(4(6)8)9-7-3/h1-2,7H,(H2,6,8). The van der Waals surface area contributed by atoms with Gasteiger partial charge in [0.05, 0.1) is 0 Å². The van der Waals surface area contributed by atoms with Crippen LogP contribution in [0.3, 0.4) is 0 Å². The number of nitrogens with one attached hydrogen (secondary N) is 1. The smallest absolute Gasteiger partial charge is 0.253 e. The Morgan fingerprint density at radius 1 is 2.00 bits per heavy atom. The Labute approximate surface area is 60.1 Å². The molecule has 3 N–H and O–H groups in total. The number of rotatable bonds is 1. The topological polar surface area (TPSA) is 64.4 Å². The van der Waals surface area contributed by atoms with Crippen LogP contribution in [0.5, 0.6) is 0 Å². The summed E-state index contributed by atoms with van der Waals surface area (Å²) >= 11 is 3.06. The minimum absolute atomic E-state index is 0.503. The molecule has 0 aromatic rings. The minimum atomic E-state index is -0.639. The maximum Gasteiger partial charge on any atom is 0.253 e. The molecule has 1 unspecified atom stereocenters. The fourth-order valence-electron chi connectivity index (χ4n) is 0.461. The highest BCUT2D eigenvalue weighted by Crippen LogP contribution is 2.10. The summed E-state index contributed by atoms with van der Waals surface area (Å²) in [5.41, 5.74) is 7.32. The van der Waals surface area contributed by atoms with E-state index in [2.05, 4.69) is 26.2 Å². The van der Waals surface area contributed by atoms with E-state index < -0.39 is 12.0 Å². The SMILES string of the molecule is NC(=O)C1C=C(Br)NO1. The van der Waals surface area contributed by atoms with Crippen LogP contribution in [0.25, 0.3) is 0 Å². The predicted molar refractivity (Wildman–Crippen MR) is 34.2 cm³/mol. The lowest BCUT2D eigenvalue weighted by atomic mass is 10.3. The molecular weight excluding hydrogens is 188 g/mol. The van der Waals surface area contributed by atoms with E-state index in [1.54, 1.807) is 6.08 Å². The number of carbonyl (C=O) groups excluding carboxylic acids is 1. The highest BCUT2D eigenvalue weighted by Gasteiger charge is 2.19. The first kappa shape index (κ1) is 6.57. The van der Waals surface area contributed by atoms with Gasteiger partial charge in [-0.05, 0) is 22.0 Å². The van der Waals surface area contributed by atoms with Crippen molar-refractivity contribution in [3.05, 3.63) is 10.7 Å². The maximum atomic E-state index is 10.3. The van der Waals surface area contributed by atoms with E-state index >= 15 is 0 Å². The van der Waals surface area contributed by atoms with E-state index in [1.165, 1.54) is 0 Å². The van der Waals surface area contributed by atoms with Crippen molar-refractivity contribution in [2.45, 2.75) is 6.10 Å². The van der Waals surface area contributed by atoms with Gasteiger partial charge in [-0.1, -0.05) is 0 Å². The van der Waals surface area contributed by atoms with Crippen LogP contribution in [-0.2, 0) is 9.63 Å². The third-order valence-electron chi connectivity index (χ3n) is 0.862. The summed E-state index contributed by atoms with van der Waals surface area (Å²) in [7, 11) is 0. The Kier molecular flexibility index (Phi) is 1.73. The fourth-order valence-corrected chi connectivity index (χ4v) is 0.794. The summed E-state index contributed by atoms with van der Waals surface area (Å²) in [6.07, 6.45) is 0.905. The van der Waals surface area contributed by atoms with Crippen molar-refractivity contribution in [2.24, 2.45) is 5.73 Å². The molecule has 1 atom stereocenters. The zero-order valence-corrected chi connectivity index (χ0v) is 6.01. The van der Waals surface area contributed by atoms with Crippen LogP contribution in [0.4, 0.5) is 0 Å². The first-order valence-electron chi connectivity index (χ1n) is 2.28. The largest absolute Gasteiger partial charge is 0.367 e. The zero-order chi connectivity index (χ0) is 6.85. The van der Waals surface area contributed by atoms with E-state index in [1.807, 2.05) is 0 Å². The van der Waals surface area contributed by atoms with Crippen molar-refractivity contribution >= 4 is 21.8 Å². The van der Waals surface area contributed by atoms with Gasteiger partial charge in [-0.3, -0.25) is 15.1 Å². The Morgan fingerprint density at radius 3 is 2.89 bits per heavy atom. The van der Waals surface area contributed by atoms with Crippen LogP contribution >= 0.6 is 15.9 Å². The number of amides is 1. The van der Waals surface area contributed by atoms with E-state index in [-0.39, 0.29) is 0 Å². The van der Waals surface area contributed by atoms with Crippen molar-refractivity contribution in [3.8, 4) is 0 Å². The van der Waals surface area contributed by atoms with Crippen LogP contribution < -0.4 is 11.2 Å². The molecule has 4 nitrogen and oxygen atoms in total. The third kappa shape index (κ3) is 1.43. The van der Waals surface area contributed by atoms with Gasteiger partial charge in [0, 0.05) is 0 Å². The van der Waals surface area contributed by atoms with Gasteiger partial charge < -0.3 is 5.73 Å². The molecule has 0 saturated heterocycles. The Hall–Kier alpha value is -0.550. The predicted octanol–water partition coefficient (Wildman–Crippen LogP) is -0.389. The second kappa shape index (κ2) is 2.36. The van der Waals surface area contributed by atoms with Crippen LogP contribution in [-0.4, -0.2) is 12.0 Å². The number of primary amides is 1. The van der Waals surface area contributed by atoms with E-state index in [9.17, 15) is 4.79 Å². The minimum Gasteiger partial charge on any atom is -0.367 e. The van der Waals surface area contributed by atoms with Gasteiger partial charge in [-0.15, -0.1) is 0 Å². The van der Waals surface area contributed by atoms with Crippen LogP contribution in [0.1, 0.15) is 0 Å².